The van der Waals surface area contributed by atoms with Crippen LogP contribution in [0.5, 0.6) is 0 Å². The summed E-state index contributed by atoms with van der Waals surface area (Å²) >= 11 is 5.68. The second-order valence-corrected chi connectivity index (χ2v) is 8.95. The summed E-state index contributed by atoms with van der Waals surface area (Å²) in [5, 5.41) is 0. The van der Waals surface area contributed by atoms with Gasteiger partial charge in [0.15, 0.2) is 0 Å². The summed E-state index contributed by atoms with van der Waals surface area (Å²) in [6, 6.07) is 31.1. The molecule has 0 aliphatic rings. The van der Waals surface area contributed by atoms with Crippen LogP contribution in [0.1, 0.15) is 42.4 Å². The first-order valence-electron chi connectivity index (χ1n) is 13.0. The number of halogens is 1. The van der Waals surface area contributed by atoms with Crippen molar-refractivity contribution in [3.63, 3.8) is 0 Å². The first kappa shape index (κ1) is 28.4. The lowest BCUT2D eigenvalue weighted by Gasteiger charge is -2.36. The van der Waals surface area contributed by atoms with Crippen LogP contribution in [0.25, 0.3) is 0 Å². The molecular formula is C31H39ClO4. The molecule has 0 aromatic heterocycles. The van der Waals surface area contributed by atoms with E-state index < -0.39 is 5.60 Å². The third-order valence-electron chi connectivity index (χ3n) is 6.00. The number of benzene rings is 3. The fourth-order valence-electron chi connectivity index (χ4n) is 4.22. The summed E-state index contributed by atoms with van der Waals surface area (Å²) < 4.78 is 23.7. The number of hydrogen-bond acceptors (Lipinski definition) is 4. The Morgan fingerprint density at radius 2 is 0.833 bits per heavy atom. The minimum atomic E-state index is -0.717. The fraction of sp³-hybridized carbons (Fsp3) is 0.419. The SMILES string of the molecule is ClCCCCCCOCCOCCOCCOC(c1ccccc1)(c1ccccc1)c1ccccc1. The van der Waals surface area contributed by atoms with Crippen molar-refractivity contribution in [3.05, 3.63) is 108 Å². The molecule has 0 saturated carbocycles. The second-order valence-electron chi connectivity index (χ2n) is 8.57. The summed E-state index contributed by atoms with van der Waals surface area (Å²) in [4.78, 5) is 0. The molecule has 0 heterocycles. The van der Waals surface area contributed by atoms with E-state index in [2.05, 4.69) is 72.8 Å². The van der Waals surface area contributed by atoms with Crippen LogP contribution in [0.3, 0.4) is 0 Å². The zero-order valence-electron chi connectivity index (χ0n) is 21.2. The van der Waals surface area contributed by atoms with Gasteiger partial charge in [0, 0.05) is 12.5 Å². The van der Waals surface area contributed by atoms with Crippen molar-refractivity contribution in [2.45, 2.75) is 31.3 Å². The van der Waals surface area contributed by atoms with Gasteiger partial charge in [-0.2, -0.15) is 0 Å². The third-order valence-corrected chi connectivity index (χ3v) is 6.27. The van der Waals surface area contributed by atoms with Gasteiger partial charge in [-0.15, -0.1) is 11.6 Å². The van der Waals surface area contributed by atoms with Crippen LogP contribution in [-0.2, 0) is 24.5 Å². The molecule has 0 radical (unpaired) electrons. The Bertz CT molecular complexity index is 824. The quantitative estimate of drug-likeness (QED) is 0.100. The Morgan fingerprint density at radius 1 is 0.444 bits per heavy atom. The summed E-state index contributed by atoms with van der Waals surface area (Å²) in [5.41, 5.74) is 2.55. The lowest BCUT2D eigenvalue weighted by atomic mass is 9.80. The second kappa shape index (κ2) is 17.3. The van der Waals surface area contributed by atoms with Crippen LogP contribution in [0, 0.1) is 0 Å². The van der Waals surface area contributed by atoms with E-state index in [1.165, 1.54) is 12.8 Å². The van der Waals surface area contributed by atoms with E-state index in [4.69, 9.17) is 30.5 Å². The average Bonchev–Trinajstić information content (AvgIpc) is 2.94. The monoisotopic (exact) mass is 510 g/mol. The van der Waals surface area contributed by atoms with E-state index in [1.54, 1.807) is 0 Å². The highest BCUT2D eigenvalue weighted by Crippen LogP contribution is 2.40. The van der Waals surface area contributed by atoms with Crippen molar-refractivity contribution in [1.29, 1.82) is 0 Å². The molecule has 0 aliphatic heterocycles. The molecule has 0 fully saturated rings. The highest BCUT2D eigenvalue weighted by atomic mass is 35.5. The van der Waals surface area contributed by atoms with Crippen molar-refractivity contribution in [2.24, 2.45) is 0 Å². The maximum atomic E-state index is 6.70. The maximum Gasteiger partial charge on any atom is 0.143 e. The van der Waals surface area contributed by atoms with Crippen LogP contribution in [0.4, 0.5) is 0 Å². The summed E-state index contributed by atoms with van der Waals surface area (Å²) in [6.07, 6.45) is 4.51. The zero-order chi connectivity index (χ0) is 25.2. The fourth-order valence-corrected chi connectivity index (χ4v) is 4.41. The van der Waals surface area contributed by atoms with E-state index in [0.717, 1.165) is 42.0 Å². The summed E-state index contributed by atoms with van der Waals surface area (Å²) in [7, 11) is 0. The van der Waals surface area contributed by atoms with Gasteiger partial charge in [-0.3, -0.25) is 0 Å². The molecule has 0 spiro atoms. The van der Waals surface area contributed by atoms with E-state index in [0.29, 0.717) is 39.6 Å². The Labute approximate surface area is 221 Å². The molecule has 0 atom stereocenters. The smallest absolute Gasteiger partial charge is 0.143 e. The van der Waals surface area contributed by atoms with Crippen molar-refractivity contribution in [3.8, 4) is 0 Å². The zero-order valence-corrected chi connectivity index (χ0v) is 21.9. The topological polar surface area (TPSA) is 36.9 Å². The van der Waals surface area contributed by atoms with Crippen LogP contribution in [0.15, 0.2) is 91.0 Å². The lowest BCUT2D eigenvalue weighted by molar-refractivity contribution is -0.0369. The van der Waals surface area contributed by atoms with Crippen molar-refractivity contribution >= 4 is 11.6 Å². The molecule has 0 amide bonds. The van der Waals surface area contributed by atoms with Crippen LogP contribution < -0.4 is 0 Å². The van der Waals surface area contributed by atoms with Gasteiger partial charge in [-0.1, -0.05) is 104 Å². The predicted molar refractivity (Wildman–Crippen MR) is 147 cm³/mol. The molecular weight excluding hydrogens is 472 g/mol. The molecule has 5 heteroatoms. The van der Waals surface area contributed by atoms with Gasteiger partial charge in [0.25, 0.3) is 0 Å². The Balaban J connectivity index is 1.45. The van der Waals surface area contributed by atoms with E-state index >= 15 is 0 Å². The standard InChI is InChI=1S/C31H39ClO4/c32-20-12-1-2-13-21-33-22-23-34-24-25-35-26-27-36-31(28-14-6-3-7-15-28,29-16-8-4-9-17-29)30-18-10-5-11-19-30/h3-11,14-19H,1-2,12-13,20-27H2. The minimum Gasteiger partial charge on any atom is -0.379 e. The number of ether oxygens (including phenoxy) is 4. The number of rotatable bonds is 19. The first-order chi connectivity index (χ1) is 17.9. The Kier molecular flexibility index (Phi) is 13.6. The van der Waals surface area contributed by atoms with Crippen molar-refractivity contribution in [2.75, 3.05) is 52.1 Å². The molecule has 3 rings (SSSR count). The molecule has 0 saturated heterocycles. The maximum absolute atomic E-state index is 6.70. The Morgan fingerprint density at radius 3 is 1.28 bits per heavy atom. The van der Waals surface area contributed by atoms with Gasteiger partial charge >= 0.3 is 0 Å². The van der Waals surface area contributed by atoms with Crippen molar-refractivity contribution < 1.29 is 18.9 Å². The summed E-state index contributed by atoms with van der Waals surface area (Å²) in [6.45, 7) is 3.98. The number of alkyl halides is 1. The van der Waals surface area contributed by atoms with Crippen LogP contribution >= 0.6 is 11.6 Å². The van der Waals surface area contributed by atoms with E-state index in [-0.39, 0.29) is 0 Å². The first-order valence-corrected chi connectivity index (χ1v) is 13.5. The minimum absolute atomic E-state index is 0.450. The van der Waals surface area contributed by atoms with Gasteiger partial charge in [-0.05, 0) is 29.5 Å². The molecule has 0 N–H and O–H groups in total. The van der Waals surface area contributed by atoms with Gasteiger partial charge < -0.3 is 18.9 Å². The Hall–Kier alpha value is -2.21. The van der Waals surface area contributed by atoms with Gasteiger partial charge in [0.1, 0.15) is 5.60 Å². The molecule has 0 aliphatic carbocycles. The van der Waals surface area contributed by atoms with E-state index in [1.807, 2.05) is 18.2 Å². The number of unbranched alkanes of at least 4 members (excludes halogenated alkanes) is 3. The molecule has 194 valence electrons. The molecule has 36 heavy (non-hydrogen) atoms. The van der Waals surface area contributed by atoms with Gasteiger partial charge in [0.2, 0.25) is 0 Å². The van der Waals surface area contributed by atoms with E-state index in [9.17, 15) is 0 Å². The summed E-state index contributed by atoms with van der Waals surface area (Å²) in [5.74, 6) is 0.747. The predicted octanol–water partition coefficient (Wildman–Crippen LogP) is 6.84. The van der Waals surface area contributed by atoms with Crippen molar-refractivity contribution in [1.82, 2.24) is 0 Å². The van der Waals surface area contributed by atoms with Crippen LogP contribution in [0.2, 0.25) is 0 Å². The molecule has 0 unspecified atom stereocenters. The van der Waals surface area contributed by atoms with Crippen LogP contribution in [-0.4, -0.2) is 52.1 Å². The van der Waals surface area contributed by atoms with Gasteiger partial charge in [0.05, 0.1) is 39.6 Å². The highest BCUT2D eigenvalue weighted by molar-refractivity contribution is 6.17. The third kappa shape index (κ3) is 9.02. The molecule has 3 aromatic carbocycles. The highest BCUT2D eigenvalue weighted by Gasteiger charge is 2.37. The van der Waals surface area contributed by atoms with Gasteiger partial charge in [-0.25, -0.2) is 0 Å². The number of hydrogen-bond donors (Lipinski definition) is 0. The lowest BCUT2D eigenvalue weighted by Crippen LogP contribution is -2.34. The molecule has 0 bridgehead atoms. The molecule has 3 aromatic rings. The normalized spacial score (nSPS) is 11.6. The average molecular weight is 511 g/mol. The largest absolute Gasteiger partial charge is 0.379 e. The molecule has 4 nitrogen and oxygen atoms in total.